The van der Waals surface area contributed by atoms with Crippen molar-refractivity contribution in [3.63, 3.8) is 0 Å². The van der Waals surface area contributed by atoms with E-state index < -0.39 is 0 Å². The van der Waals surface area contributed by atoms with Crippen LogP contribution in [0.1, 0.15) is 31.5 Å². The van der Waals surface area contributed by atoms with E-state index in [4.69, 9.17) is 9.47 Å². The maximum Gasteiger partial charge on any atom is 0.262 e. The minimum absolute atomic E-state index is 0.0302. The van der Waals surface area contributed by atoms with Crippen LogP contribution in [0.15, 0.2) is 23.6 Å². The molecule has 0 spiro atoms. The molecule has 5 nitrogen and oxygen atoms in total. The summed E-state index contributed by atoms with van der Waals surface area (Å²) in [7, 11) is 0. The Morgan fingerprint density at radius 2 is 2.23 bits per heavy atom. The second kappa shape index (κ2) is 5.61. The van der Waals surface area contributed by atoms with E-state index in [1.165, 1.54) is 0 Å². The molecule has 0 saturated heterocycles. The fourth-order valence-electron chi connectivity index (χ4n) is 2.05. The molecule has 6 heteroatoms. The number of aromatic nitrogens is 1. The molecular weight excluding hydrogens is 300 g/mol. The number of amides is 1. The monoisotopic (exact) mass is 318 g/mol. The van der Waals surface area contributed by atoms with Gasteiger partial charge in [0.15, 0.2) is 6.61 Å². The summed E-state index contributed by atoms with van der Waals surface area (Å²) in [5.74, 6) is 1.05. The van der Waals surface area contributed by atoms with Crippen molar-refractivity contribution in [1.29, 1.82) is 0 Å². The molecule has 0 bridgehead atoms. The number of thiazole rings is 1. The number of hydrogen-bond donors (Lipinski definition) is 1. The molecule has 0 aliphatic carbocycles. The summed E-state index contributed by atoms with van der Waals surface area (Å²) >= 11 is 1.58. The van der Waals surface area contributed by atoms with Crippen LogP contribution >= 0.6 is 11.3 Å². The second-order valence-electron chi connectivity index (χ2n) is 6.13. The van der Waals surface area contributed by atoms with Crippen molar-refractivity contribution in [2.75, 3.05) is 11.9 Å². The van der Waals surface area contributed by atoms with Crippen LogP contribution < -0.4 is 14.8 Å². The van der Waals surface area contributed by atoms with Crippen molar-refractivity contribution in [1.82, 2.24) is 4.98 Å². The van der Waals surface area contributed by atoms with Gasteiger partial charge in [-0.2, -0.15) is 0 Å². The topological polar surface area (TPSA) is 60.5 Å². The first kappa shape index (κ1) is 14.8. The molecule has 0 saturated carbocycles. The molecule has 1 aromatic heterocycles. The Kier molecular flexibility index (Phi) is 3.78. The number of carbonyl (C=O) groups is 1. The highest BCUT2D eigenvalue weighted by molar-refractivity contribution is 7.09. The third-order valence-corrected chi connectivity index (χ3v) is 4.10. The summed E-state index contributed by atoms with van der Waals surface area (Å²) < 4.78 is 11.2. The maximum absolute atomic E-state index is 11.5. The molecule has 3 rings (SSSR count). The molecule has 0 unspecified atom stereocenters. The predicted octanol–water partition coefficient (Wildman–Crippen LogP) is 3.35. The average Bonchev–Trinajstić information content (AvgIpc) is 2.94. The van der Waals surface area contributed by atoms with Crippen molar-refractivity contribution >= 4 is 22.9 Å². The van der Waals surface area contributed by atoms with E-state index in [2.05, 4.69) is 36.5 Å². The molecule has 0 radical (unpaired) electrons. The molecule has 0 fully saturated rings. The van der Waals surface area contributed by atoms with Gasteiger partial charge in [0.1, 0.15) is 28.8 Å². The standard InChI is InChI=1S/C16H18N2O3S/c1-16(2,3)12-9-22-14(17-12)8-21-11-6-4-5-10-15(11)18-13(19)7-20-10/h4-6,9H,7-8H2,1-3H3,(H,18,19). The SMILES string of the molecule is CC(C)(C)c1csc(COc2cccc3c2NC(=O)CO3)n1. The summed E-state index contributed by atoms with van der Waals surface area (Å²) in [6.07, 6.45) is 0. The lowest BCUT2D eigenvalue weighted by Crippen LogP contribution is -2.25. The van der Waals surface area contributed by atoms with Crippen LogP contribution in [0.2, 0.25) is 0 Å². The lowest BCUT2D eigenvalue weighted by Gasteiger charge is -2.20. The van der Waals surface area contributed by atoms with Crippen LogP contribution in [0.25, 0.3) is 0 Å². The van der Waals surface area contributed by atoms with E-state index in [0.717, 1.165) is 10.7 Å². The summed E-state index contributed by atoms with van der Waals surface area (Å²) in [6, 6.07) is 5.46. The van der Waals surface area contributed by atoms with E-state index in [1.807, 2.05) is 18.2 Å². The molecule has 1 aromatic carbocycles. The highest BCUT2D eigenvalue weighted by atomic mass is 32.1. The van der Waals surface area contributed by atoms with Crippen LogP contribution in [-0.2, 0) is 16.8 Å². The minimum atomic E-state index is -0.173. The summed E-state index contributed by atoms with van der Waals surface area (Å²) in [5.41, 5.74) is 1.68. The molecule has 2 aromatic rings. The highest BCUT2D eigenvalue weighted by Crippen LogP contribution is 2.37. The van der Waals surface area contributed by atoms with Gasteiger partial charge in [-0.25, -0.2) is 4.98 Å². The largest absolute Gasteiger partial charge is 0.484 e. The number of para-hydroxylation sites is 1. The maximum atomic E-state index is 11.5. The first-order valence-corrected chi connectivity index (χ1v) is 7.95. The molecule has 0 atom stereocenters. The van der Waals surface area contributed by atoms with Gasteiger partial charge in [0, 0.05) is 10.8 Å². The van der Waals surface area contributed by atoms with Crippen molar-refractivity contribution < 1.29 is 14.3 Å². The Bertz CT molecular complexity index is 704. The van der Waals surface area contributed by atoms with Crippen molar-refractivity contribution in [3.8, 4) is 11.5 Å². The van der Waals surface area contributed by atoms with Gasteiger partial charge in [-0.05, 0) is 12.1 Å². The number of nitrogens with zero attached hydrogens (tertiary/aromatic N) is 1. The van der Waals surface area contributed by atoms with Gasteiger partial charge >= 0.3 is 0 Å². The molecular formula is C16H18N2O3S. The van der Waals surface area contributed by atoms with Crippen molar-refractivity contribution in [2.45, 2.75) is 32.8 Å². The second-order valence-corrected chi connectivity index (χ2v) is 7.07. The lowest BCUT2D eigenvalue weighted by atomic mass is 9.93. The molecule has 1 aliphatic rings. The smallest absolute Gasteiger partial charge is 0.262 e. The van der Waals surface area contributed by atoms with Gasteiger partial charge in [-0.1, -0.05) is 26.8 Å². The van der Waals surface area contributed by atoms with Gasteiger partial charge in [0.2, 0.25) is 0 Å². The number of fused-ring (bicyclic) bond motifs is 1. The van der Waals surface area contributed by atoms with E-state index in [1.54, 1.807) is 11.3 Å². The molecule has 1 amide bonds. The molecule has 1 aliphatic heterocycles. The quantitative estimate of drug-likeness (QED) is 0.943. The Balaban J connectivity index is 1.75. The summed E-state index contributed by atoms with van der Waals surface area (Å²) in [5, 5.41) is 5.76. The minimum Gasteiger partial charge on any atom is -0.484 e. The number of ether oxygens (including phenoxy) is 2. The third kappa shape index (κ3) is 3.06. The van der Waals surface area contributed by atoms with E-state index in [-0.39, 0.29) is 17.9 Å². The van der Waals surface area contributed by atoms with E-state index in [9.17, 15) is 4.79 Å². The zero-order chi connectivity index (χ0) is 15.7. The van der Waals surface area contributed by atoms with Crippen molar-refractivity contribution in [2.24, 2.45) is 0 Å². The highest BCUT2D eigenvalue weighted by Gasteiger charge is 2.21. The third-order valence-electron chi connectivity index (χ3n) is 3.28. The van der Waals surface area contributed by atoms with Gasteiger partial charge in [0.25, 0.3) is 5.91 Å². The Labute approximate surface area is 133 Å². The number of nitrogens with one attached hydrogen (secondary N) is 1. The number of benzene rings is 1. The van der Waals surface area contributed by atoms with Gasteiger partial charge in [-0.15, -0.1) is 11.3 Å². The number of hydrogen-bond acceptors (Lipinski definition) is 5. The Hall–Kier alpha value is -2.08. The predicted molar refractivity (Wildman–Crippen MR) is 85.7 cm³/mol. The molecule has 22 heavy (non-hydrogen) atoms. The fraction of sp³-hybridized carbons (Fsp3) is 0.375. The van der Waals surface area contributed by atoms with Crippen LogP contribution in [0.4, 0.5) is 5.69 Å². The lowest BCUT2D eigenvalue weighted by molar-refractivity contribution is -0.118. The Morgan fingerprint density at radius 1 is 1.41 bits per heavy atom. The van der Waals surface area contributed by atoms with Gasteiger partial charge in [-0.3, -0.25) is 4.79 Å². The summed E-state index contributed by atoms with van der Waals surface area (Å²) in [6.45, 7) is 6.80. The molecule has 1 N–H and O–H groups in total. The van der Waals surface area contributed by atoms with Crippen LogP contribution in [-0.4, -0.2) is 17.5 Å². The van der Waals surface area contributed by atoms with E-state index >= 15 is 0 Å². The zero-order valence-electron chi connectivity index (χ0n) is 12.8. The molecule has 2 heterocycles. The summed E-state index contributed by atoms with van der Waals surface area (Å²) in [4.78, 5) is 16.1. The van der Waals surface area contributed by atoms with Gasteiger partial charge < -0.3 is 14.8 Å². The van der Waals surface area contributed by atoms with Crippen LogP contribution in [0.5, 0.6) is 11.5 Å². The first-order valence-electron chi connectivity index (χ1n) is 7.07. The van der Waals surface area contributed by atoms with E-state index in [0.29, 0.717) is 23.8 Å². The van der Waals surface area contributed by atoms with Crippen LogP contribution in [0, 0.1) is 0 Å². The number of anilines is 1. The first-order chi connectivity index (χ1) is 10.4. The zero-order valence-corrected chi connectivity index (χ0v) is 13.6. The van der Waals surface area contributed by atoms with Gasteiger partial charge in [0.05, 0.1) is 5.69 Å². The molecule has 116 valence electrons. The fourth-order valence-corrected chi connectivity index (χ4v) is 2.99. The van der Waals surface area contributed by atoms with Crippen molar-refractivity contribution in [3.05, 3.63) is 34.3 Å². The Morgan fingerprint density at radius 3 is 2.95 bits per heavy atom. The number of rotatable bonds is 3. The normalized spacial score (nSPS) is 14.0. The number of carbonyl (C=O) groups excluding carboxylic acids is 1. The van der Waals surface area contributed by atoms with Crippen LogP contribution in [0.3, 0.4) is 0 Å². The average molecular weight is 318 g/mol.